The van der Waals surface area contributed by atoms with Crippen LogP contribution in [0.4, 0.5) is 13.2 Å². The summed E-state index contributed by atoms with van der Waals surface area (Å²) in [5, 5.41) is 11.5. The van der Waals surface area contributed by atoms with Crippen LogP contribution in [0.3, 0.4) is 0 Å². The number of nitriles is 1. The molecule has 3 heterocycles. The third-order valence-corrected chi connectivity index (χ3v) is 7.06. The number of carbonyl (C=O) groups is 2. The second-order valence-electron chi connectivity index (χ2n) is 9.26. The fraction of sp³-hybridized carbons (Fsp3) is 0.591. The summed E-state index contributed by atoms with van der Waals surface area (Å²) in [7, 11) is 0. The van der Waals surface area contributed by atoms with Crippen molar-refractivity contribution in [3.63, 3.8) is 0 Å². The van der Waals surface area contributed by atoms with Crippen molar-refractivity contribution in [2.45, 2.75) is 56.7 Å². The second-order valence-corrected chi connectivity index (χ2v) is 9.26. The SMILES string of the molecule is N#CC1CCN(C(=O)C(NC(=O)c2c[nH]c3ncc(C4CC4)nc23)C2(C(F)(F)F)CC2)CC1. The van der Waals surface area contributed by atoms with Crippen LogP contribution in [0.2, 0.25) is 0 Å². The Balaban J connectivity index is 1.42. The molecule has 5 rings (SSSR count). The van der Waals surface area contributed by atoms with Crippen LogP contribution in [0, 0.1) is 22.7 Å². The highest BCUT2D eigenvalue weighted by Gasteiger charge is 2.70. The maximum atomic E-state index is 14.0. The van der Waals surface area contributed by atoms with Crippen LogP contribution in [0.1, 0.15) is 60.5 Å². The number of amides is 2. The number of carbonyl (C=O) groups excluding carboxylic acids is 2. The number of hydrogen-bond donors (Lipinski definition) is 2. The first-order chi connectivity index (χ1) is 15.7. The van der Waals surface area contributed by atoms with Gasteiger partial charge in [-0.25, -0.2) is 9.97 Å². The normalized spacial score (nSPS) is 21.5. The molecule has 33 heavy (non-hydrogen) atoms. The van der Waals surface area contributed by atoms with E-state index in [1.54, 1.807) is 6.20 Å². The van der Waals surface area contributed by atoms with Crippen molar-refractivity contribution in [2.24, 2.45) is 11.3 Å². The minimum Gasteiger partial charge on any atom is -0.344 e. The number of rotatable bonds is 5. The van der Waals surface area contributed by atoms with E-state index in [1.165, 1.54) is 11.1 Å². The predicted molar refractivity (Wildman–Crippen MR) is 110 cm³/mol. The Kier molecular flexibility index (Phi) is 5.06. The van der Waals surface area contributed by atoms with Gasteiger partial charge >= 0.3 is 6.18 Å². The van der Waals surface area contributed by atoms with Crippen LogP contribution in [-0.4, -0.2) is 57.0 Å². The number of aromatic nitrogens is 3. The highest BCUT2D eigenvalue weighted by Crippen LogP contribution is 2.60. The summed E-state index contributed by atoms with van der Waals surface area (Å²) in [5.41, 5.74) is -0.808. The highest BCUT2D eigenvalue weighted by molar-refractivity contribution is 6.06. The number of likely N-dealkylation sites (tertiary alicyclic amines) is 1. The van der Waals surface area contributed by atoms with Crippen LogP contribution in [0.15, 0.2) is 12.4 Å². The van der Waals surface area contributed by atoms with Crippen molar-refractivity contribution in [3.05, 3.63) is 23.7 Å². The van der Waals surface area contributed by atoms with Gasteiger partial charge in [-0.2, -0.15) is 18.4 Å². The maximum absolute atomic E-state index is 14.0. The minimum atomic E-state index is -4.63. The third kappa shape index (κ3) is 3.81. The average Bonchev–Trinajstić information content (AvgIpc) is 3.73. The van der Waals surface area contributed by atoms with Gasteiger partial charge in [0.25, 0.3) is 5.91 Å². The van der Waals surface area contributed by atoms with Crippen molar-refractivity contribution in [1.82, 2.24) is 25.2 Å². The van der Waals surface area contributed by atoms with Gasteiger partial charge in [0.2, 0.25) is 5.91 Å². The van der Waals surface area contributed by atoms with Gasteiger partial charge in [0.1, 0.15) is 11.6 Å². The molecule has 1 unspecified atom stereocenters. The van der Waals surface area contributed by atoms with E-state index in [1.807, 2.05) is 0 Å². The molecule has 8 nitrogen and oxygen atoms in total. The van der Waals surface area contributed by atoms with Gasteiger partial charge < -0.3 is 15.2 Å². The lowest BCUT2D eigenvalue weighted by Gasteiger charge is -2.36. The van der Waals surface area contributed by atoms with E-state index in [0.717, 1.165) is 18.5 Å². The van der Waals surface area contributed by atoms with Gasteiger partial charge in [-0.1, -0.05) is 0 Å². The molecule has 2 aromatic rings. The first kappa shape index (κ1) is 21.7. The Labute approximate surface area is 187 Å². The Morgan fingerprint density at radius 1 is 1.24 bits per heavy atom. The molecule has 0 bridgehead atoms. The molecule has 1 saturated heterocycles. The van der Waals surface area contributed by atoms with Crippen molar-refractivity contribution in [2.75, 3.05) is 13.1 Å². The fourth-order valence-electron chi connectivity index (χ4n) is 4.58. The number of alkyl halides is 3. The summed E-state index contributed by atoms with van der Waals surface area (Å²) < 4.78 is 42.0. The number of nitrogens with zero attached hydrogens (tertiary/aromatic N) is 4. The Hall–Kier alpha value is -3.16. The number of H-pyrrole nitrogens is 1. The summed E-state index contributed by atoms with van der Waals surface area (Å²) in [6.45, 7) is 0.390. The third-order valence-electron chi connectivity index (χ3n) is 7.06. The fourth-order valence-corrected chi connectivity index (χ4v) is 4.58. The lowest BCUT2D eigenvalue weighted by molar-refractivity contribution is -0.198. The van der Waals surface area contributed by atoms with E-state index >= 15 is 0 Å². The van der Waals surface area contributed by atoms with E-state index in [9.17, 15) is 22.8 Å². The quantitative estimate of drug-likeness (QED) is 0.712. The molecule has 2 saturated carbocycles. The van der Waals surface area contributed by atoms with Crippen molar-refractivity contribution < 1.29 is 22.8 Å². The zero-order valence-electron chi connectivity index (χ0n) is 17.8. The summed E-state index contributed by atoms with van der Waals surface area (Å²) >= 11 is 0. The lowest BCUT2D eigenvalue weighted by atomic mass is 9.91. The molecule has 2 aromatic heterocycles. The number of piperidine rings is 1. The van der Waals surface area contributed by atoms with Gasteiger partial charge in [0.05, 0.1) is 28.9 Å². The smallest absolute Gasteiger partial charge is 0.344 e. The molecule has 11 heteroatoms. The van der Waals surface area contributed by atoms with E-state index in [-0.39, 0.29) is 42.9 Å². The Bertz CT molecular complexity index is 1140. The number of hydrogen-bond acceptors (Lipinski definition) is 5. The Morgan fingerprint density at radius 3 is 2.52 bits per heavy atom. The monoisotopic (exact) mass is 460 g/mol. The standard InChI is InChI=1S/C22H23F3N6O2/c23-22(24,25)21(5-6-21)17(20(33)31-7-3-12(9-26)4-8-31)30-19(32)14-10-27-18-16(14)29-15(11-28-18)13-1-2-13/h10-13,17H,1-8H2,(H,27,28)(H,30,32). The van der Waals surface area contributed by atoms with Crippen LogP contribution in [0.25, 0.3) is 11.2 Å². The molecule has 2 aliphatic carbocycles. The van der Waals surface area contributed by atoms with Gasteiger partial charge in [0.15, 0.2) is 5.65 Å². The first-order valence-corrected chi connectivity index (χ1v) is 11.1. The number of fused-ring (bicyclic) bond motifs is 1. The topological polar surface area (TPSA) is 115 Å². The zero-order valence-corrected chi connectivity index (χ0v) is 17.8. The van der Waals surface area contributed by atoms with E-state index in [2.05, 4.69) is 26.3 Å². The van der Waals surface area contributed by atoms with Gasteiger partial charge in [0, 0.05) is 31.1 Å². The molecule has 0 aromatic carbocycles. The zero-order chi connectivity index (χ0) is 23.4. The second kappa shape index (κ2) is 7.71. The maximum Gasteiger partial charge on any atom is 0.396 e. The average molecular weight is 460 g/mol. The van der Waals surface area contributed by atoms with Crippen LogP contribution in [0.5, 0.6) is 0 Å². The molecule has 0 radical (unpaired) electrons. The Morgan fingerprint density at radius 2 is 1.94 bits per heavy atom. The van der Waals surface area contributed by atoms with Gasteiger partial charge in [-0.15, -0.1) is 0 Å². The van der Waals surface area contributed by atoms with Crippen LogP contribution in [-0.2, 0) is 4.79 Å². The van der Waals surface area contributed by atoms with Crippen LogP contribution >= 0.6 is 0 Å². The number of nitrogens with one attached hydrogen (secondary N) is 2. The van der Waals surface area contributed by atoms with E-state index < -0.39 is 29.4 Å². The number of halogens is 3. The van der Waals surface area contributed by atoms with Gasteiger partial charge in [-0.05, 0) is 38.5 Å². The van der Waals surface area contributed by atoms with E-state index in [0.29, 0.717) is 24.4 Å². The molecule has 2 N–H and O–H groups in total. The predicted octanol–water partition coefficient (Wildman–Crippen LogP) is 3.04. The molecule has 0 spiro atoms. The molecular weight excluding hydrogens is 437 g/mol. The van der Waals surface area contributed by atoms with Gasteiger partial charge in [-0.3, -0.25) is 9.59 Å². The van der Waals surface area contributed by atoms with Crippen molar-refractivity contribution in [3.8, 4) is 6.07 Å². The lowest BCUT2D eigenvalue weighted by Crippen LogP contribution is -2.58. The molecule has 1 aliphatic heterocycles. The summed E-state index contributed by atoms with van der Waals surface area (Å²) in [5.74, 6) is -1.47. The highest BCUT2D eigenvalue weighted by atomic mass is 19.4. The molecule has 3 aliphatic rings. The first-order valence-electron chi connectivity index (χ1n) is 11.1. The molecule has 3 fully saturated rings. The van der Waals surface area contributed by atoms with E-state index in [4.69, 9.17) is 5.26 Å². The largest absolute Gasteiger partial charge is 0.396 e. The van der Waals surface area contributed by atoms with Crippen molar-refractivity contribution in [1.29, 1.82) is 5.26 Å². The molecule has 1 atom stereocenters. The number of aromatic amines is 1. The minimum absolute atomic E-state index is 0.0685. The van der Waals surface area contributed by atoms with Crippen molar-refractivity contribution >= 4 is 23.0 Å². The summed E-state index contributed by atoms with van der Waals surface area (Å²) in [4.78, 5) is 39.3. The molecule has 2 amide bonds. The van der Waals surface area contributed by atoms with Crippen LogP contribution < -0.4 is 5.32 Å². The summed E-state index contributed by atoms with van der Waals surface area (Å²) in [6, 6.07) is 0.411. The molecular formula is C22H23F3N6O2. The summed E-state index contributed by atoms with van der Waals surface area (Å²) in [6.07, 6.45) is 0.710. The molecule has 174 valence electrons.